The minimum absolute atomic E-state index is 0.00358. The molecule has 3 aliphatic rings. The second-order valence-corrected chi connectivity index (χ2v) is 17.5. The summed E-state index contributed by atoms with van der Waals surface area (Å²) in [5.41, 5.74) is -4.46. The standard InChI is InChI=1S/C44H66FN5O10/c1-11-33-44(9)36(50(41(55)60-44)20-15-13-14-19-49-24-32(48-25-49)30-17-16-18-46-23-30)28(5)34(51)26(3)22-42(7,56-10)38(29(6)37(53)43(8,45)40(54)58-33)59-39-35(52)31(47-12-2)21-27(4)57-39/h16-18,23-29,31,33,35-36,38-39,47,52H,11-15,19-22H2,1-10H3/t26-,27-,28+,29-,31+,33-,35+,36?,38-,39+,42-,43+,44-/m1/s1. The van der Waals surface area contributed by atoms with E-state index >= 15 is 4.39 Å². The number of hydrogen-bond acceptors (Lipinski definition) is 13. The number of nitrogens with zero attached hydrogens (tertiary/aromatic N) is 4. The number of aliphatic hydroxyl groups is 1. The number of alkyl halides is 1. The van der Waals surface area contributed by atoms with Crippen molar-refractivity contribution in [2.75, 3.05) is 20.2 Å². The molecule has 5 heterocycles. The van der Waals surface area contributed by atoms with E-state index in [9.17, 15) is 24.3 Å². The van der Waals surface area contributed by atoms with Crippen molar-refractivity contribution in [3.05, 3.63) is 37.1 Å². The van der Waals surface area contributed by atoms with Crippen LogP contribution in [0.15, 0.2) is 37.1 Å². The monoisotopic (exact) mass is 843 g/mol. The van der Waals surface area contributed by atoms with Crippen LogP contribution >= 0.6 is 0 Å². The van der Waals surface area contributed by atoms with Gasteiger partial charge in [-0.05, 0) is 84.9 Å². The van der Waals surface area contributed by atoms with Crippen molar-refractivity contribution in [1.29, 1.82) is 0 Å². The third-order valence-corrected chi connectivity index (χ3v) is 12.9. The smallest absolute Gasteiger partial charge is 0.410 e. The number of methoxy groups -OCH3 is 1. The summed E-state index contributed by atoms with van der Waals surface area (Å²) in [6, 6.07) is 2.50. The van der Waals surface area contributed by atoms with Gasteiger partial charge in [-0.25, -0.2) is 19.0 Å². The number of hydrogen-bond donors (Lipinski definition) is 2. The second kappa shape index (κ2) is 19.5. The fourth-order valence-corrected chi connectivity index (χ4v) is 9.59. The summed E-state index contributed by atoms with van der Waals surface area (Å²) in [6.45, 7) is 16.0. The number of amides is 1. The van der Waals surface area contributed by atoms with Crippen LogP contribution < -0.4 is 5.32 Å². The minimum Gasteiger partial charge on any atom is -0.455 e. The third-order valence-electron chi connectivity index (χ3n) is 12.9. The first-order chi connectivity index (χ1) is 28.3. The zero-order valence-corrected chi connectivity index (χ0v) is 36.9. The van der Waals surface area contributed by atoms with Crippen LogP contribution in [0, 0.1) is 17.8 Å². The molecule has 1 amide bonds. The van der Waals surface area contributed by atoms with E-state index in [0.717, 1.165) is 31.0 Å². The normalized spacial score (nSPS) is 37.0. The number of rotatable bonds is 13. The van der Waals surface area contributed by atoms with Crippen LogP contribution in [0.25, 0.3) is 11.3 Å². The number of aromatic nitrogens is 3. The molecule has 13 atom stereocenters. The summed E-state index contributed by atoms with van der Waals surface area (Å²) in [5, 5.41) is 14.6. The SMILES string of the molecule is CCN[C@H]1C[C@@H](C)O[C@@H](O[C@@H]2[C@H](C)C(=O)[C@](C)(F)C(=O)O[C@H](CC)[C@@]3(C)OC(=O)N(CCCCCn4cnc(-c5cccnc5)c4)C3[C@@H](C)C(=O)[C@H](C)C[C@@]2(C)OC)[C@H]1O. The van der Waals surface area contributed by atoms with Crippen LogP contribution in [-0.4, -0.2) is 128 Å². The van der Waals surface area contributed by atoms with E-state index in [0.29, 0.717) is 25.9 Å². The molecule has 60 heavy (non-hydrogen) atoms. The van der Waals surface area contributed by atoms with Crippen LogP contribution in [0.1, 0.15) is 101 Å². The first-order valence-electron chi connectivity index (χ1n) is 21.5. The van der Waals surface area contributed by atoms with Crippen molar-refractivity contribution >= 4 is 23.6 Å². The lowest BCUT2D eigenvalue weighted by Gasteiger charge is -2.46. The summed E-state index contributed by atoms with van der Waals surface area (Å²) in [5.74, 6) is -5.75. The first-order valence-corrected chi connectivity index (χ1v) is 21.5. The molecular formula is C44H66FN5O10. The molecule has 0 spiro atoms. The Balaban J connectivity index is 1.42. The molecule has 0 aliphatic carbocycles. The molecule has 3 fully saturated rings. The Bertz CT molecular complexity index is 1800. The molecule has 1 unspecified atom stereocenters. The Morgan fingerprint density at radius 2 is 1.75 bits per heavy atom. The van der Waals surface area contributed by atoms with Gasteiger partial charge in [-0.3, -0.25) is 14.6 Å². The van der Waals surface area contributed by atoms with E-state index in [1.807, 2.05) is 36.7 Å². The zero-order valence-electron chi connectivity index (χ0n) is 36.9. The topological polar surface area (TPSA) is 181 Å². The van der Waals surface area contributed by atoms with Crippen molar-refractivity contribution < 1.29 is 52.4 Å². The van der Waals surface area contributed by atoms with Gasteiger partial charge < -0.3 is 43.6 Å². The number of fused-ring (bicyclic) bond motifs is 1. The van der Waals surface area contributed by atoms with Crippen LogP contribution in [0.2, 0.25) is 0 Å². The summed E-state index contributed by atoms with van der Waals surface area (Å²) in [4.78, 5) is 66.9. The summed E-state index contributed by atoms with van der Waals surface area (Å²) in [7, 11) is 1.41. The molecule has 2 aromatic heterocycles. The van der Waals surface area contributed by atoms with E-state index in [4.69, 9.17) is 23.7 Å². The summed E-state index contributed by atoms with van der Waals surface area (Å²) in [6.07, 6.45) is 3.95. The third kappa shape index (κ3) is 9.77. The Hall–Kier alpha value is -3.83. The van der Waals surface area contributed by atoms with Crippen molar-refractivity contribution in [2.24, 2.45) is 17.8 Å². The zero-order chi connectivity index (χ0) is 44.2. The van der Waals surface area contributed by atoms with Gasteiger partial charge in [-0.1, -0.05) is 34.6 Å². The lowest BCUT2D eigenvalue weighted by atomic mass is 9.73. The van der Waals surface area contributed by atoms with Gasteiger partial charge in [0.25, 0.3) is 5.67 Å². The van der Waals surface area contributed by atoms with Crippen molar-refractivity contribution in [1.82, 2.24) is 24.8 Å². The molecule has 16 heteroatoms. The number of halogens is 1. The molecule has 2 aromatic rings. The van der Waals surface area contributed by atoms with Gasteiger partial charge in [0.1, 0.15) is 18.0 Å². The molecule has 0 saturated carbocycles. The molecular weight excluding hydrogens is 778 g/mol. The number of unbranched alkanes of at least 4 members (excludes halogenated alkanes) is 2. The molecule has 334 valence electrons. The number of pyridine rings is 1. The van der Waals surface area contributed by atoms with Crippen LogP contribution in [-0.2, 0) is 44.6 Å². The molecule has 3 aliphatic heterocycles. The Kier molecular flexibility index (Phi) is 15.3. The fraction of sp³-hybridized carbons (Fsp3) is 0.727. The van der Waals surface area contributed by atoms with E-state index in [1.54, 1.807) is 53.3 Å². The number of aliphatic hydroxyl groups excluding tert-OH is 1. The van der Waals surface area contributed by atoms with Crippen LogP contribution in [0.3, 0.4) is 0 Å². The number of cyclic esters (lactones) is 1. The minimum atomic E-state index is -3.17. The molecule has 0 aromatic carbocycles. The molecule has 3 saturated heterocycles. The average Bonchev–Trinajstić information content (AvgIpc) is 3.80. The van der Waals surface area contributed by atoms with E-state index in [2.05, 4.69) is 15.3 Å². The van der Waals surface area contributed by atoms with E-state index in [-0.39, 0.29) is 31.3 Å². The van der Waals surface area contributed by atoms with Gasteiger partial charge in [0.15, 0.2) is 17.7 Å². The second-order valence-electron chi connectivity index (χ2n) is 17.5. The number of likely N-dealkylation sites (N-methyl/N-ethyl adjacent to an activating group) is 1. The Labute approximate surface area is 353 Å². The van der Waals surface area contributed by atoms with Crippen LogP contribution in [0.5, 0.6) is 0 Å². The number of nitrogens with one attached hydrogen (secondary N) is 1. The van der Waals surface area contributed by atoms with Crippen LogP contribution in [0.4, 0.5) is 9.18 Å². The molecule has 15 nitrogen and oxygen atoms in total. The number of carbonyl (C=O) groups is 4. The quantitative estimate of drug-likeness (QED) is 0.148. The highest BCUT2D eigenvalue weighted by molar-refractivity contribution is 6.08. The maximum absolute atomic E-state index is 16.9. The van der Waals surface area contributed by atoms with E-state index < -0.39 is 89.2 Å². The summed E-state index contributed by atoms with van der Waals surface area (Å²) >= 11 is 0. The molecule has 0 radical (unpaired) electrons. The average molecular weight is 844 g/mol. The lowest BCUT2D eigenvalue weighted by molar-refractivity contribution is -0.290. The van der Waals surface area contributed by atoms with Crippen molar-refractivity contribution in [3.63, 3.8) is 0 Å². The number of ether oxygens (including phenoxy) is 5. The number of imidazole rings is 1. The van der Waals surface area contributed by atoms with Gasteiger partial charge in [0, 0.05) is 68.1 Å². The molecule has 2 N–H and O–H groups in total. The Morgan fingerprint density at radius 1 is 1.03 bits per heavy atom. The van der Waals surface area contributed by atoms with E-state index in [1.165, 1.54) is 18.9 Å². The highest BCUT2D eigenvalue weighted by Crippen LogP contribution is 2.43. The predicted molar refractivity (Wildman–Crippen MR) is 219 cm³/mol. The van der Waals surface area contributed by atoms with Gasteiger partial charge in [0.2, 0.25) is 0 Å². The number of Topliss-reactive ketones (excluding diaryl/α,β-unsaturated/α-hetero) is 2. The number of aryl methyl sites for hydroxylation is 1. The van der Waals surface area contributed by atoms with Gasteiger partial charge in [-0.2, -0.15) is 0 Å². The fourth-order valence-electron chi connectivity index (χ4n) is 9.59. The molecule has 5 rings (SSSR count). The highest BCUT2D eigenvalue weighted by atomic mass is 19.1. The Morgan fingerprint density at radius 3 is 2.40 bits per heavy atom. The largest absolute Gasteiger partial charge is 0.455 e. The first kappa shape index (κ1) is 47.2. The molecule has 0 bridgehead atoms. The highest BCUT2D eigenvalue weighted by Gasteiger charge is 2.61. The maximum atomic E-state index is 16.9. The summed E-state index contributed by atoms with van der Waals surface area (Å²) < 4.78 is 49.5. The van der Waals surface area contributed by atoms with Crippen molar-refractivity contribution in [2.45, 2.75) is 167 Å². The van der Waals surface area contributed by atoms with Gasteiger partial charge >= 0.3 is 12.1 Å². The van der Waals surface area contributed by atoms with Crippen molar-refractivity contribution in [3.8, 4) is 11.3 Å². The maximum Gasteiger partial charge on any atom is 0.410 e. The number of esters is 1. The van der Waals surface area contributed by atoms with Gasteiger partial charge in [0.05, 0.1) is 35.9 Å². The number of ketones is 2. The van der Waals surface area contributed by atoms with Gasteiger partial charge in [-0.15, -0.1) is 0 Å². The lowest BCUT2D eigenvalue weighted by Crippen LogP contribution is -2.62. The predicted octanol–water partition coefficient (Wildman–Crippen LogP) is 5.46. The number of carbonyl (C=O) groups excluding carboxylic acids is 4.